The molecule has 10 heavy (non-hydrogen) atoms. The van der Waals surface area contributed by atoms with Gasteiger partial charge < -0.3 is 4.74 Å². The highest BCUT2D eigenvalue weighted by Crippen LogP contribution is 2.11. The topological polar surface area (TPSA) is 22.1 Å². The van der Waals surface area contributed by atoms with Crippen molar-refractivity contribution in [3.63, 3.8) is 0 Å². The van der Waals surface area contributed by atoms with E-state index < -0.39 is 6.56 Å². The average Bonchev–Trinajstić information content (AvgIpc) is 1.91. The van der Waals surface area contributed by atoms with Crippen LogP contribution in [0.1, 0.15) is 9.67 Å². The van der Waals surface area contributed by atoms with Gasteiger partial charge in [-0.25, -0.2) is 4.98 Å². The molecule has 1 aromatic rings. The summed E-state index contributed by atoms with van der Waals surface area (Å²) >= 11 is 3.21. The lowest BCUT2D eigenvalue weighted by atomic mass is 10.5. The molecule has 1 rings (SSSR count). The standard InChI is InChI=1S/C7H8BrNO/c1-2-10-7-4-3-6(8)5-9-7/h3-5H,2H2,1H3/i2D2. The minimum Gasteiger partial charge on any atom is -0.478 e. The van der Waals surface area contributed by atoms with Gasteiger partial charge >= 0.3 is 0 Å². The van der Waals surface area contributed by atoms with E-state index in [-0.39, 0.29) is 5.88 Å². The summed E-state index contributed by atoms with van der Waals surface area (Å²) in [6.45, 7) is -0.350. The summed E-state index contributed by atoms with van der Waals surface area (Å²) in [6.07, 6.45) is 1.56. The van der Waals surface area contributed by atoms with Gasteiger partial charge in [0.15, 0.2) is 0 Å². The number of aromatic nitrogens is 1. The zero-order chi connectivity index (χ0) is 9.19. The van der Waals surface area contributed by atoms with Crippen LogP contribution in [-0.4, -0.2) is 11.5 Å². The predicted octanol–water partition coefficient (Wildman–Crippen LogP) is 2.24. The largest absolute Gasteiger partial charge is 0.478 e. The van der Waals surface area contributed by atoms with Crippen LogP contribution in [0.3, 0.4) is 0 Å². The smallest absolute Gasteiger partial charge is 0.213 e. The van der Waals surface area contributed by atoms with Gasteiger partial charge in [-0.15, -0.1) is 0 Å². The zero-order valence-corrected chi connectivity index (χ0v) is 7.05. The Bertz CT molecular complexity index is 257. The molecule has 1 aromatic heterocycles. The predicted molar refractivity (Wildman–Crippen MR) is 43.1 cm³/mol. The van der Waals surface area contributed by atoms with Crippen molar-refractivity contribution in [1.82, 2.24) is 4.98 Å². The fourth-order valence-electron chi connectivity index (χ4n) is 0.527. The van der Waals surface area contributed by atoms with Crippen LogP contribution in [0.25, 0.3) is 0 Å². The van der Waals surface area contributed by atoms with Crippen molar-refractivity contribution in [2.24, 2.45) is 0 Å². The van der Waals surface area contributed by atoms with Crippen molar-refractivity contribution in [1.29, 1.82) is 0 Å². The summed E-state index contributed by atoms with van der Waals surface area (Å²) in [4.78, 5) is 3.85. The molecule has 3 heteroatoms. The molecule has 0 fully saturated rings. The van der Waals surface area contributed by atoms with Gasteiger partial charge in [-0.05, 0) is 28.9 Å². The highest BCUT2D eigenvalue weighted by molar-refractivity contribution is 9.10. The fraction of sp³-hybridized carbons (Fsp3) is 0.286. The molecular formula is C7H8BrNO. The highest BCUT2D eigenvalue weighted by Gasteiger charge is 1.90. The van der Waals surface area contributed by atoms with Gasteiger partial charge in [0.2, 0.25) is 5.88 Å². The van der Waals surface area contributed by atoms with E-state index in [4.69, 9.17) is 7.48 Å². The minimum atomic E-state index is -1.68. The minimum absolute atomic E-state index is 0.283. The maximum Gasteiger partial charge on any atom is 0.213 e. The summed E-state index contributed by atoms with van der Waals surface area (Å²) < 4.78 is 19.9. The highest BCUT2D eigenvalue weighted by atomic mass is 79.9. The Morgan fingerprint density at radius 3 is 3.10 bits per heavy atom. The number of ether oxygens (including phenoxy) is 1. The quantitative estimate of drug-likeness (QED) is 0.736. The van der Waals surface area contributed by atoms with Gasteiger partial charge in [0.1, 0.15) is 0 Å². The van der Waals surface area contributed by atoms with Crippen molar-refractivity contribution >= 4 is 15.9 Å². The van der Waals surface area contributed by atoms with Crippen LogP contribution in [0.2, 0.25) is 0 Å². The first-order chi connectivity index (χ1) is 5.47. The van der Waals surface area contributed by atoms with Crippen LogP contribution in [0.15, 0.2) is 22.8 Å². The van der Waals surface area contributed by atoms with Crippen LogP contribution in [0.5, 0.6) is 5.88 Å². The second kappa shape index (κ2) is 3.56. The number of pyridine rings is 1. The Morgan fingerprint density at radius 1 is 1.80 bits per heavy atom. The number of rotatable bonds is 2. The van der Waals surface area contributed by atoms with Gasteiger partial charge in [0, 0.05) is 16.7 Å². The number of hydrogen-bond donors (Lipinski definition) is 0. The number of nitrogens with zero attached hydrogens (tertiary/aromatic N) is 1. The van der Waals surface area contributed by atoms with Crippen molar-refractivity contribution < 1.29 is 7.48 Å². The van der Waals surface area contributed by atoms with Gasteiger partial charge in [0.25, 0.3) is 0 Å². The average molecular weight is 204 g/mol. The van der Waals surface area contributed by atoms with Crippen LogP contribution >= 0.6 is 15.9 Å². The molecule has 0 N–H and O–H groups in total. The van der Waals surface area contributed by atoms with Crippen LogP contribution in [0, 0.1) is 0 Å². The summed E-state index contributed by atoms with van der Waals surface area (Å²) in [5.41, 5.74) is 0. The van der Waals surface area contributed by atoms with Crippen molar-refractivity contribution in [2.45, 2.75) is 6.92 Å². The van der Waals surface area contributed by atoms with Crippen molar-refractivity contribution in [3.05, 3.63) is 22.8 Å². The third kappa shape index (κ3) is 1.99. The molecule has 0 aromatic carbocycles. The molecule has 0 aliphatic carbocycles. The second-order valence-electron chi connectivity index (χ2n) is 1.62. The third-order valence-electron chi connectivity index (χ3n) is 0.907. The number of halogens is 1. The molecule has 0 atom stereocenters. The van der Waals surface area contributed by atoms with E-state index >= 15 is 0 Å². The molecule has 0 aliphatic rings. The summed E-state index contributed by atoms with van der Waals surface area (Å²) in [6, 6.07) is 3.35. The summed E-state index contributed by atoms with van der Waals surface area (Å²) in [7, 11) is 0. The summed E-state index contributed by atoms with van der Waals surface area (Å²) in [5.74, 6) is 0.283. The van der Waals surface area contributed by atoms with Gasteiger partial charge in [-0.3, -0.25) is 0 Å². The van der Waals surface area contributed by atoms with E-state index in [1.165, 1.54) is 6.92 Å². The molecule has 0 saturated heterocycles. The van der Waals surface area contributed by atoms with E-state index in [1.54, 1.807) is 18.3 Å². The van der Waals surface area contributed by atoms with E-state index in [9.17, 15) is 0 Å². The molecule has 0 saturated carbocycles. The molecule has 0 amide bonds. The fourth-order valence-corrected chi connectivity index (χ4v) is 0.762. The number of hydrogen-bond acceptors (Lipinski definition) is 2. The maximum atomic E-state index is 7.12. The Hall–Kier alpha value is -0.570. The molecule has 1 heterocycles. The van der Waals surface area contributed by atoms with E-state index in [0.29, 0.717) is 0 Å². The zero-order valence-electron chi connectivity index (χ0n) is 7.47. The molecule has 54 valence electrons. The Morgan fingerprint density at radius 2 is 2.60 bits per heavy atom. The molecule has 0 bridgehead atoms. The molecule has 0 spiro atoms. The third-order valence-corrected chi connectivity index (χ3v) is 1.38. The van der Waals surface area contributed by atoms with Crippen molar-refractivity contribution in [3.8, 4) is 5.88 Å². The first-order valence-corrected chi connectivity index (χ1v) is 3.57. The molecule has 0 unspecified atom stereocenters. The van der Waals surface area contributed by atoms with E-state index in [2.05, 4.69) is 20.9 Å². The maximum absolute atomic E-state index is 7.12. The lowest BCUT2D eigenvalue weighted by molar-refractivity contribution is 0.327. The van der Waals surface area contributed by atoms with Crippen LogP contribution in [-0.2, 0) is 0 Å². The SMILES string of the molecule is [2H]C([2H])(C)Oc1ccc(Br)cn1. The molecular weight excluding hydrogens is 194 g/mol. The lowest BCUT2D eigenvalue weighted by Gasteiger charge is -1.99. The van der Waals surface area contributed by atoms with E-state index in [0.717, 1.165) is 4.47 Å². The van der Waals surface area contributed by atoms with Crippen LogP contribution in [0.4, 0.5) is 0 Å². The Balaban J connectivity index is 2.71. The Kier molecular flexibility index (Phi) is 1.83. The van der Waals surface area contributed by atoms with Gasteiger partial charge in [-0.1, -0.05) is 0 Å². The normalized spacial score (nSPS) is 13.8. The van der Waals surface area contributed by atoms with E-state index in [1.807, 2.05) is 0 Å². The first kappa shape index (κ1) is 5.13. The second-order valence-corrected chi connectivity index (χ2v) is 2.54. The van der Waals surface area contributed by atoms with Gasteiger partial charge in [-0.2, -0.15) is 0 Å². The Labute approximate surface area is 71.2 Å². The summed E-state index contributed by atoms with van der Waals surface area (Å²) in [5, 5.41) is 0. The van der Waals surface area contributed by atoms with Crippen LogP contribution < -0.4 is 4.74 Å². The first-order valence-electron chi connectivity index (χ1n) is 3.78. The molecule has 0 aliphatic heterocycles. The molecule has 0 radical (unpaired) electrons. The molecule has 2 nitrogen and oxygen atoms in total. The lowest BCUT2D eigenvalue weighted by Crippen LogP contribution is -1.92. The van der Waals surface area contributed by atoms with Crippen molar-refractivity contribution in [2.75, 3.05) is 6.56 Å². The monoisotopic (exact) mass is 203 g/mol. The van der Waals surface area contributed by atoms with Gasteiger partial charge in [0.05, 0.1) is 9.30 Å².